The molecule has 0 aliphatic carbocycles. The van der Waals surface area contributed by atoms with Crippen LogP contribution in [0.2, 0.25) is 5.02 Å². The Balaban J connectivity index is 1.68. The Bertz CT molecular complexity index is 932. The molecule has 2 aromatic heterocycles. The maximum atomic E-state index is 11.1. The zero-order chi connectivity index (χ0) is 17.4. The number of carboxylic acid groups (broad SMARTS) is 1. The molecule has 7 heteroatoms. The van der Waals surface area contributed by atoms with Crippen molar-refractivity contribution < 1.29 is 9.90 Å². The molecule has 1 N–H and O–H groups in total. The van der Waals surface area contributed by atoms with E-state index < -0.39 is 5.97 Å². The van der Waals surface area contributed by atoms with Gasteiger partial charge in [0.05, 0.1) is 11.6 Å². The van der Waals surface area contributed by atoms with Crippen molar-refractivity contribution in [1.82, 2.24) is 14.6 Å². The molecular weight excluding hydrogens is 340 g/mol. The average Bonchev–Trinajstić information content (AvgIpc) is 3.06. The topological polar surface area (TPSA) is 70.7 Å². The van der Waals surface area contributed by atoms with Gasteiger partial charge in [-0.05, 0) is 31.0 Å². The highest BCUT2D eigenvalue weighted by Crippen LogP contribution is 2.29. The molecule has 0 saturated carbocycles. The lowest BCUT2D eigenvalue weighted by atomic mass is 9.97. The number of piperidine rings is 1. The predicted octanol–water partition coefficient (Wildman–Crippen LogP) is 3.35. The molecule has 4 rings (SSSR count). The number of anilines is 1. The Morgan fingerprint density at radius 1 is 1.24 bits per heavy atom. The van der Waals surface area contributed by atoms with Gasteiger partial charge in [0.25, 0.3) is 0 Å². The van der Waals surface area contributed by atoms with Crippen LogP contribution in [-0.4, -0.2) is 38.8 Å². The first-order chi connectivity index (χ1) is 12.1. The number of rotatable bonds is 3. The number of fused-ring (bicyclic) bond motifs is 1. The van der Waals surface area contributed by atoms with Gasteiger partial charge < -0.3 is 10.0 Å². The molecule has 128 valence electrons. The highest BCUT2D eigenvalue weighted by molar-refractivity contribution is 6.30. The minimum Gasteiger partial charge on any atom is -0.481 e. The van der Waals surface area contributed by atoms with Gasteiger partial charge >= 0.3 is 5.97 Å². The Morgan fingerprint density at radius 2 is 2.04 bits per heavy atom. The van der Waals surface area contributed by atoms with E-state index >= 15 is 0 Å². The summed E-state index contributed by atoms with van der Waals surface area (Å²) in [5, 5.41) is 14.4. The van der Waals surface area contributed by atoms with Crippen LogP contribution in [0.3, 0.4) is 0 Å². The van der Waals surface area contributed by atoms with E-state index in [0.717, 1.165) is 22.6 Å². The summed E-state index contributed by atoms with van der Waals surface area (Å²) >= 11 is 6.08. The van der Waals surface area contributed by atoms with Crippen molar-refractivity contribution in [3.8, 4) is 11.3 Å². The van der Waals surface area contributed by atoms with Crippen molar-refractivity contribution in [2.75, 3.05) is 18.0 Å². The molecule has 0 radical (unpaired) electrons. The molecule has 25 heavy (non-hydrogen) atoms. The smallest absolute Gasteiger partial charge is 0.306 e. The number of nitrogens with zero attached hydrogens (tertiary/aromatic N) is 4. The highest BCUT2D eigenvalue weighted by atomic mass is 35.5. The van der Waals surface area contributed by atoms with Crippen molar-refractivity contribution in [3.05, 3.63) is 47.7 Å². The maximum Gasteiger partial charge on any atom is 0.306 e. The van der Waals surface area contributed by atoms with Crippen molar-refractivity contribution in [2.45, 2.75) is 12.8 Å². The zero-order valence-corrected chi connectivity index (χ0v) is 14.2. The van der Waals surface area contributed by atoms with Gasteiger partial charge in [-0.1, -0.05) is 23.7 Å². The molecular formula is C18H17ClN4O2. The van der Waals surface area contributed by atoms with Crippen LogP contribution in [0.25, 0.3) is 16.8 Å². The Morgan fingerprint density at radius 3 is 2.76 bits per heavy atom. The summed E-state index contributed by atoms with van der Waals surface area (Å²) in [6.45, 7) is 1.36. The molecule has 0 atom stereocenters. The number of aliphatic carboxylic acids is 1. The van der Waals surface area contributed by atoms with E-state index in [-0.39, 0.29) is 5.92 Å². The quantitative estimate of drug-likeness (QED) is 0.779. The summed E-state index contributed by atoms with van der Waals surface area (Å²) in [6.07, 6.45) is 4.80. The molecule has 0 bridgehead atoms. The number of halogens is 1. The summed E-state index contributed by atoms with van der Waals surface area (Å²) < 4.78 is 1.81. The molecule has 1 saturated heterocycles. The van der Waals surface area contributed by atoms with Gasteiger partial charge in [-0.15, -0.1) is 0 Å². The number of aromatic nitrogens is 3. The van der Waals surface area contributed by atoms with Gasteiger partial charge in [-0.3, -0.25) is 4.79 Å². The molecule has 6 nitrogen and oxygen atoms in total. The van der Waals surface area contributed by atoms with E-state index in [9.17, 15) is 4.79 Å². The van der Waals surface area contributed by atoms with E-state index in [1.165, 1.54) is 0 Å². The number of benzene rings is 1. The van der Waals surface area contributed by atoms with Crippen LogP contribution in [0, 0.1) is 5.92 Å². The molecule has 1 fully saturated rings. The van der Waals surface area contributed by atoms with Gasteiger partial charge in [-0.25, -0.2) is 9.50 Å². The zero-order valence-electron chi connectivity index (χ0n) is 13.5. The summed E-state index contributed by atoms with van der Waals surface area (Å²) in [7, 11) is 0. The van der Waals surface area contributed by atoms with Crippen molar-refractivity contribution >= 4 is 28.9 Å². The fourth-order valence-corrected chi connectivity index (χ4v) is 3.47. The Labute approximate surface area is 149 Å². The largest absolute Gasteiger partial charge is 0.481 e. The minimum absolute atomic E-state index is 0.261. The van der Waals surface area contributed by atoms with Crippen molar-refractivity contribution in [2.24, 2.45) is 5.92 Å². The fraction of sp³-hybridized carbons (Fsp3) is 0.278. The molecule has 0 spiro atoms. The van der Waals surface area contributed by atoms with E-state index in [4.69, 9.17) is 16.7 Å². The second-order valence-electron chi connectivity index (χ2n) is 6.22. The molecule has 0 unspecified atom stereocenters. The Kier molecular flexibility index (Phi) is 4.05. The second kappa shape index (κ2) is 6.37. The monoisotopic (exact) mass is 356 g/mol. The summed E-state index contributed by atoms with van der Waals surface area (Å²) in [4.78, 5) is 17.8. The number of hydrogen-bond acceptors (Lipinski definition) is 4. The van der Waals surface area contributed by atoms with Gasteiger partial charge in [0, 0.05) is 36.1 Å². The summed E-state index contributed by atoms with van der Waals surface area (Å²) in [5.41, 5.74) is 2.69. The lowest BCUT2D eigenvalue weighted by molar-refractivity contribution is -0.142. The maximum absolute atomic E-state index is 11.1. The van der Waals surface area contributed by atoms with Crippen molar-refractivity contribution in [3.63, 3.8) is 0 Å². The number of carboxylic acids is 1. The van der Waals surface area contributed by atoms with Crippen molar-refractivity contribution in [1.29, 1.82) is 0 Å². The molecule has 1 aliphatic rings. The molecule has 1 aliphatic heterocycles. The normalized spacial score (nSPS) is 15.6. The van der Waals surface area contributed by atoms with E-state index in [0.29, 0.717) is 31.0 Å². The van der Waals surface area contributed by atoms with Crippen LogP contribution in [-0.2, 0) is 4.79 Å². The van der Waals surface area contributed by atoms with E-state index in [1.807, 2.05) is 41.0 Å². The van der Waals surface area contributed by atoms with E-state index in [1.54, 1.807) is 6.20 Å². The summed E-state index contributed by atoms with van der Waals surface area (Å²) in [5.74, 6) is -0.131. The number of carbonyl (C=O) groups is 1. The second-order valence-corrected chi connectivity index (χ2v) is 6.66. The third kappa shape index (κ3) is 3.05. The molecule has 3 heterocycles. The Hall–Kier alpha value is -2.60. The lowest BCUT2D eigenvalue weighted by Gasteiger charge is -2.31. The molecule has 3 aromatic rings. The SMILES string of the molecule is O=C(O)C1CCN(c2nccn3nc(-c4cccc(Cl)c4)cc23)CC1. The standard InChI is InChI=1S/C18H17ClN4O2/c19-14-3-1-2-13(10-14)15-11-16-17(20-6-9-23(16)21-15)22-7-4-12(5-8-22)18(24)25/h1-3,6,9-12H,4-5,7-8H2,(H,24,25). The predicted molar refractivity (Wildman–Crippen MR) is 96.0 cm³/mol. The summed E-state index contributed by atoms with van der Waals surface area (Å²) in [6, 6.07) is 9.59. The van der Waals surface area contributed by atoms with Crippen LogP contribution in [0.15, 0.2) is 42.7 Å². The average molecular weight is 357 g/mol. The van der Waals surface area contributed by atoms with Crippen LogP contribution >= 0.6 is 11.6 Å². The third-order valence-electron chi connectivity index (χ3n) is 4.63. The van der Waals surface area contributed by atoms with Crippen LogP contribution < -0.4 is 4.90 Å². The third-order valence-corrected chi connectivity index (χ3v) is 4.87. The molecule has 0 amide bonds. The van der Waals surface area contributed by atoms with Crippen LogP contribution in [0.5, 0.6) is 0 Å². The highest BCUT2D eigenvalue weighted by Gasteiger charge is 2.26. The van der Waals surface area contributed by atoms with Gasteiger partial charge in [0.15, 0.2) is 5.82 Å². The first-order valence-electron chi connectivity index (χ1n) is 8.20. The van der Waals surface area contributed by atoms with Crippen LogP contribution in [0.1, 0.15) is 12.8 Å². The minimum atomic E-state index is -0.710. The van der Waals surface area contributed by atoms with Crippen LogP contribution in [0.4, 0.5) is 5.82 Å². The first kappa shape index (κ1) is 15.9. The molecule has 1 aromatic carbocycles. The first-order valence-corrected chi connectivity index (χ1v) is 8.58. The van der Waals surface area contributed by atoms with Gasteiger partial charge in [-0.2, -0.15) is 5.10 Å². The van der Waals surface area contributed by atoms with Gasteiger partial charge in [0.1, 0.15) is 5.52 Å². The lowest BCUT2D eigenvalue weighted by Crippen LogP contribution is -2.37. The fourth-order valence-electron chi connectivity index (χ4n) is 3.28. The van der Waals surface area contributed by atoms with Gasteiger partial charge in [0.2, 0.25) is 0 Å². The van der Waals surface area contributed by atoms with E-state index in [2.05, 4.69) is 15.0 Å². The number of hydrogen-bond donors (Lipinski definition) is 1.